The predicted molar refractivity (Wildman–Crippen MR) is 99.2 cm³/mol. The van der Waals surface area contributed by atoms with E-state index in [1.54, 1.807) is 12.5 Å². The number of aromatic nitrogens is 3. The molecule has 1 N–H and O–H groups in total. The number of furan rings is 1. The number of likely N-dealkylation sites (tertiary alicyclic amines) is 1. The van der Waals surface area contributed by atoms with Crippen LogP contribution < -0.4 is 5.32 Å². The topological polar surface area (TPSA) is 98.6 Å². The van der Waals surface area contributed by atoms with Crippen LogP contribution in [0.1, 0.15) is 17.4 Å². The van der Waals surface area contributed by atoms with Crippen LogP contribution in [0.15, 0.2) is 45.8 Å². The maximum Gasteiger partial charge on any atom is 0.246 e. The van der Waals surface area contributed by atoms with Gasteiger partial charge in [0.25, 0.3) is 0 Å². The highest BCUT2D eigenvalue weighted by Crippen LogP contribution is 2.28. The zero-order valence-electron chi connectivity index (χ0n) is 15.9. The second-order valence-corrected chi connectivity index (χ2v) is 6.96. The van der Waals surface area contributed by atoms with E-state index in [0.29, 0.717) is 24.6 Å². The molecule has 0 spiro atoms. The molecule has 148 valence electrons. The van der Waals surface area contributed by atoms with E-state index >= 15 is 0 Å². The van der Waals surface area contributed by atoms with E-state index in [1.807, 2.05) is 36.0 Å². The van der Waals surface area contributed by atoms with Gasteiger partial charge in [-0.05, 0) is 12.1 Å². The molecule has 0 radical (unpaired) electrons. The van der Waals surface area contributed by atoms with Crippen molar-refractivity contribution in [1.82, 2.24) is 24.9 Å². The molecule has 3 aromatic rings. The van der Waals surface area contributed by atoms with E-state index in [9.17, 15) is 4.79 Å². The molecule has 1 fully saturated rings. The van der Waals surface area contributed by atoms with Gasteiger partial charge in [0.2, 0.25) is 11.7 Å². The molecule has 4 rings (SSSR count). The van der Waals surface area contributed by atoms with Crippen LogP contribution >= 0.6 is 0 Å². The fourth-order valence-electron chi connectivity index (χ4n) is 3.69. The molecular weight excluding hydrogens is 362 g/mol. The third-order valence-corrected chi connectivity index (χ3v) is 4.92. The maximum atomic E-state index is 12.1. The quantitative estimate of drug-likeness (QED) is 0.656. The second-order valence-electron chi connectivity index (χ2n) is 6.96. The third kappa shape index (κ3) is 3.85. The summed E-state index contributed by atoms with van der Waals surface area (Å²) in [6.45, 7) is 2.10. The molecule has 9 nitrogen and oxygen atoms in total. The first-order valence-corrected chi connectivity index (χ1v) is 9.11. The van der Waals surface area contributed by atoms with E-state index in [0.717, 1.165) is 18.1 Å². The highest BCUT2D eigenvalue weighted by atomic mass is 16.5. The Hall–Kier alpha value is -2.91. The summed E-state index contributed by atoms with van der Waals surface area (Å²) in [5.74, 6) is 2.15. The number of nitrogens with zero attached hydrogens (tertiary/aromatic N) is 4. The lowest BCUT2D eigenvalue weighted by Crippen LogP contribution is -2.41. The van der Waals surface area contributed by atoms with Gasteiger partial charge in [-0.3, -0.25) is 9.69 Å². The molecule has 0 aromatic carbocycles. The smallest absolute Gasteiger partial charge is 0.246 e. The Balaban J connectivity index is 1.48. The third-order valence-electron chi connectivity index (χ3n) is 4.92. The molecule has 3 aromatic heterocycles. The Morgan fingerprint density at radius 3 is 3.00 bits per heavy atom. The Morgan fingerprint density at radius 1 is 1.39 bits per heavy atom. The lowest BCUT2D eigenvalue weighted by atomic mass is 10.0. The van der Waals surface area contributed by atoms with Crippen molar-refractivity contribution in [2.24, 2.45) is 7.05 Å². The number of nitrogens with one attached hydrogen (secondary N) is 1. The van der Waals surface area contributed by atoms with Crippen molar-refractivity contribution >= 4 is 5.91 Å². The average molecular weight is 385 g/mol. The van der Waals surface area contributed by atoms with Crippen molar-refractivity contribution in [1.29, 1.82) is 0 Å². The number of ether oxygens (including phenoxy) is 1. The number of amides is 1. The van der Waals surface area contributed by atoms with Gasteiger partial charge in [0.15, 0.2) is 5.76 Å². The van der Waals surface area contributed by atoms with Crippen LogP contribution in [0.3, 0.4) is 0 Å². The molecule has 1 aliphatic rings. The van der Waals surface area contributed by atoms with Crippen LogP contribution in [-0.4, -0.2) is 58.4 Å². The van der Waals surface area contributed by atoms with Crippen molar-refractivity contribution in [3.05, 3.63) is 48.4 Å². The van der Waals surface area contributed by atoms with Crippen LogP contribution in [0.4, 0.5) is 0 Å². The molecule has 4 heterocycles. The number of hydrogen-bond acceptors (Lipinski definition) is 7. The number of hydrogen-bond donors (Lipinski definition) is 1. The Bertz CT molecular complexity index is 917. The Kier molecular flexibility index (Phi) is 5.27. The van der Waals surface area contributed by atoms with E-state index in [4.69, 9.17) is 13.7 Å². The summed E-state index contributed by atoms with van der Waals surface area (Å²) < 4.78 is 17.7. The van der Waals surface area contributed by atoms with Gasteiger partial charge in [0.1, 0.15) is 12.4 Å². The summed E-state index contributed by atoms with van der Waals surface area (Å²) in [6, 6.07) is 5.47. The lowest BCUT2D eigenvalue weighted by Gasteiger charge is -2.19. The molecule has 0 unspecified atom stereocenters. The second kappa shape index (κ2) is 7.99. The largest absolute Gasteiger partial charge is 0.461 e. The van der Waals surface area contributed by atoms with Crippen molar-refractivity contribution in [2.45, 2.75) is 18.5 Å². The summed E-state index contributed by atoms with van der Waals surface area (Å²) in [4.78, 5) is 18.8. The highest BCUT2D eigenvalue weighted by molar-refractivity contribution is 5.77. The van der Waals surface area contributed by atoms with Crippen LogP contribution in [0.2, 0.25) is 0 Å². The first kappa shape index (κ1) is 18.5. The zero-order chi connectivity index (χ0) is 19.5. The van der Waals surface area contributed by atoms with Gasteiger partial charge < -0.3 is 23.6 Å². The minimum Gasteiger partial charge on any atom is -0.461 e. The zero-order valence-corrected chi connectivity index (χ0v) is 15.9. The summed E-state index contributed by atoms with van der Waals surface area (Å²) in [6.07, 6.45) is 5.29. The van der Waals surface area contributed by atoms with E-state index < -0.39 is 0 Å². The molecule has 1 saturated heterocycles. The van der Waals surface area contributed by atoms with Crippen molar-refractivity contribution in [3.63, 3.8) is 0 Å². The molecule has 0 bridgehead atoms. The molecule has 28 heavy (non-hydrogen) atoms. The van der Waals surface area contributed by atoms with Gasteiger partial charge in [-0.1, -0.05) is 5.16 Å². The number of imidazole rings is 1. The van der Waals surface area contributed by atoms with Crippen molar-refractivity contribution in [2.75, 3.05) is 26.8 Å². The lowest BCUT2D eigenvalue weighted by molar-refractivity contribution is -0.125. The number of aryl methyl sites for hydroxylation is 1. The van der Waals surface area contributed by atoms with E-state index in [1.165, 1.54) is 7.11 Å². The minimum absolute atomic E-state index is 0.0412. The summed E-state index contributed by atoms with van der Waals surface area (Å²) in [5, 5.41) is 7.22. The van der Waals surface area contributed by atoms with Crippen molar-refractivity contribution in [3.8, 4) is 11.5 Å². The molecule has 1 amide bonds. The van der Waals surface area contributed by atoms with Crippen molar-refractivity contribution < 1.29 is 18.5 Å². The molecule has 2 atom stereocenters. The van der Waals surface area contributed by atoms with Crippen LogP contribution in [0.25, 0.3) is 11.5 Å². The summed E-state index contributed by atoms with van der Waals surface area (Å²) >= 11 is 0. The standard InChI is InChI=1S/C19H23N5O4/c1-23-6-5-20-19(23)14-10-24(11-15(14)21-18(25)12-26-2)9-13-8-17(28-22-13)16-4-3-7-27-16/h3-8,14-15H,9-12H2,1-2H3,(H,21,25)/t14-,15-/m1/s1. The van der Waals surface area contributed by atoms with Gasteiger partial charge in [-0.2, -0.15) is 0 Å². The van der Waals surface area contributed by atoms with Gasteiger partial charge in [0.05, 0.1) is 23.9 Å². The van der Waals surface area contributed by atoms with Gasteiger partial charge in [0, 0.05) is 52.3 Å². The van der Waals surface area contributed by atoms with Crippen LogP contribution in [0.5, 0.6) is 0 Å². The van der Waals surface area contributed by atoms with Gasteiger partial charge in [-0.15, -0.1) is 0 Å². The first-order valence-electron chi connectivity index (χ1n) is 9.11. The molecule has 1 aliphatic heterocycles. The van der Waals surface area contributed by atoms with Crippen LogP contribution in [-0.2, 0) is 23.1 Å². The Morgan fingerprint density at radius 2 is 2.29 bits per heavy atom. The molecule has 9 heteroatoms. The van der Waals surface area contributed by atoms with Gasteiger partial charge in [-0.25, -0.2) is 4.98 Å². The fourth-order valence-corrected chi connectivity index (χ4v) is 3.69. The SMILES string of the molecule is COCC(=O)N[C@@H]1CN(Cc2cc(-c3ccco3)on2)C[C@H]1c1nccn1C. The fraction of sp³-hybridized carbons (Fsp3) is 0.421. The predicted octanol–water partition coefficient (Wildman–Crippen LogP) is 1.40. The summed E-state index contributed by atoms with van der Waals surface area (Å²) in [7, 11) is 3.48. The normalized spacial score (nSPS) is 19.9. The first-order chi connectivity index (χ1) is 13.6. The van der Waals surface area contributed by atoms with E-state index in [2.05, 4.69) is 20.4 Å². The van der Waals surface area contributed by atoms with Gasteiger partial charge >= 0.3 is 0 Å². The number of carbonyl (C=O) groups is 1. The minimum atomic E-state index is -0.130. The molecule has 0 aliphatic carbocycles. The monoisotopic (exact) mass is 385 g/mol. The summed E-state index contributed by atoms with van der Waals surface area (Å²) in [5.41, 5.74) is 0.814. The highest BCUT2D eigenvalue weighted by Gasteiger charge is 2.37. The number of carbonyl (C=O) groups excluding carboxylic acids is 1. The molecule has 0 saturated carbocycles. The molecular formula is C19H23N5O4. The van der Waals surface area contributed by atoms with E-state index in [-0.39, 0.29) is 24.5 Å². The average Bonchev–Trinajstić information content (AvgIpc) is 3.43. The Labute approximate surface area is 162 Å². The van der Waals surface area contributed by atoms with Crippen LogP contribution in [0, 0.1) is 0 Å². The maximum absolute atomic E-state index is 12.1. The number of rotatable bonds is 7. The number of methoxy groups -OCH3 is 1.